The lowest BCUT2D eigenvalue weighted by Gasteiger charge is -1.97. The molecule has 0 aromatic heterocycles. The minimum Gasteiger partial charge on any atom is -0.726 e. The molecule has 0 bridgehead atoms. The van der Waals surface area contributed by atoms with Crippen LogP contribution >= 0.6 is 0 Å². The van der Waals surface area contributed by atoms with E-state index >= 15 is 0 Å². The van der Waals surface area contributed by atoms with E-state index in [1.54, 1.807) is 14.2 Å². The van der Waals surface area contributed by atoms with Crippen LogP contribution in [0.4, 0.5) is 0 Å². The first-order chi connectivity index (χ1) is 10.3. The summed E-state index contributed by atoms with van der Waals surface area (Å²) in [6.45, 7) is 0. The van der Waals surface area contributed by atoms with Crippen molar-refractivity contribution in [3.05, 3.63) is 55.7 Å². The number of rotatable bonds is 4. The molecule has 0 radical (unpaired) electrons. The molecule has 0 aliphatic rings. The van der Waals surface area contributed by atoms with Crippen LogP contribution in [0.5, 0.6) is 11.5 Å². The third-order valence-electron chi connectivity index (χ3n) is 2.32. The number of hydrogen-bond donors (Lipinski definition) is 1. The lowest BCUT2D eigenvalue weighted by Crippen LogP contribution is -3.61. The fourth-order valence-corrected chi connectivity index (χ4v) is 3.55. The van der Waals surface area contributed by atoms with E-state index in [1.807, 2.05) is 24.3 Å². The zero-order valence-electron chi connectivity index (χ0n) is 11.9. The van der Waals surface area contributed by atoms with Crippen molar-refractivity contribution in [2.45, 2.75) is 0 Å². The van der Waals surface area contributed by atoms with Gasteiger partial charge in [-0.2, -0.15) is 0 Å². The van der Waals surface area contributed by atoms with Crippen molar-refractivity contribution in [3.63, 3.8) is 0 Å². The Morgan fingerprint density at radius 3 is 1.36 bits per heavy atom. The lowest BCUT2D eigenvalue weighted by atomic mass is 10.3. The van der Waals surface area contributed by atoms with Gasteiger partial charge in [-0.1, -0.05) is 0 Å². The summed E-state index contributed by atoms with van der Waals surface area (Å²) >= 11 is -0.119. The van der Waals surface area contributed by atoms with Crippen molar-refractivity contribution in [3.8, 4) is 11.5 Å². The van der Waals surface area contributed by atoms with Crippen LogP contribution in [0.2, 0.25) is 0 Å². The largest absolute Gasteiger partial charge is 0.726 e. The Kier molecular flexibility index (Phi) is 7.59. The minimum atomic E-state index is -4.92. The molecule has 0 aliphatic carbocycles. The maximum atomic E-state index is 8.63. The maximum absolute atomic E-state index is 8.63. The Bertz CT molecular complexity index is 614. The molecule has 0 amide bonds. The van der Waals surface area contributed by atoms with Gasteiger partial charge in [0.05, 0.1) is 14.2 Å². The SMILES string of the molecule is COc1ccc([I+]c2ccc(OC)cc2)cc1.O=S(=O)([O-])O. The molecular weight excluding hydrogens is 423 g/mol. The van der Waals surface area contributed by atoms with E-state index in [4.69, 9.17) is 27.0 Å². The van der Waals surface area contributed by atoms with Gasteiger partial charge in [0.1, 0.15) is 11.5 Å². The standard InChI is InChI=1S/C14H14IO2.H2O4S/c1-16-13-7-3-11(4-8-13)15-12-5-9-14(17-2)10-6-12;1-5(2,3)4/h3-10H,1-2H3;(H2,1,2,3,4)/q+1;/p-1. The van der Waals surface area contributed by atoms with Gasteiger partial charge in [0.2, 0.25) is 10.4 Å². The quantitative estimate of drug-likeness (QED) is 0.368. The molecular formula is C14H15IO6S. The van der Waals surface area contributed by atoms with Crippen molar-refractivity contribution in [1.29, 1.82) is 0 Å². The summed E-state index contributed by atoms with van der Waals surface area (Å²) in [6, 6.07) is 16.6. The molecule has 0 heterocycles. The summed E-state index contributed by atoms with van der Waals surface area (Å²) < 4.78 is 45.9. The molecule has 0 saturated heterocycles. The van der Waals surface area contributed by atoms with Crippen molar-refractivity contribution in [1.82, 2.24) is 0 Å². The number of benzene rings is 2. The normalized spacial score (nSPS) is 10.4. The van der Waals surface area contributed by atoms with Gasteiger partial charge in [0.15, 0.2) is 7.14 Å². The summed E-state index contributed by atoms with van der Waals surface area (Å²) in [5.74, 6) is 1.82. The van der Waals surface area contributed by atoms with Crippen LogP contribution in [0.3, 0.4) is 0 Å². The second kappa shape index (κ2) is 8.93. The molecule has 22 heavy (non-hydrogen) atoms. The van der Waals surface area contributed by atoms with Crippen LogP contribution in [0.25, 0.3) is 0 Å². The van der Waals surface area contributed by atoms with Crippen LogP contribution in [-0.4, -0.2) is 31.7 Å². The zero-order valence-corrected chi connectivity index (χ0v) is 14.9. The molecule has 120 valence electrons. The molecule has 8 heteroatoms. The van der Waals surface area contributed by atoms with E-state index < -0.39 is 10.4 Å². The maximum Gasteiger partial charge on any atom is 0.357 e. The smallest absolute Gasteiger partial charge is 0.357 e. The molecule has 0 atom stereocenters. The number of hydrogen-bond acceptors (Lipinski definition) is 5. The molecule has 1 N–H and O–H groups in total. The van der Waals surface area contributed by atoms with E-state index in [1.165, 1.54) is 7.14 Å². The van der Waals surface area contributed by atoms with Gasteiger partial charge in [-0.3, -0.25) is 4.55 Å². The molecule has 0 unspecified atom stereocenters. The highest BCUT2D eigenvalue weighted by Crippen LogP contribution is 2.07. The van der Waals surface area contributed by atoms with Crippen LogP contribution in [-0.2, 0) is 10.4 Å². The Morgan fingerprint density at radius 2 is 1.14 bits per heavy atom. The fraction of sp³-hybridized carbons (Fsp3) is 0.143. The zero-order chi connectivity index (χ0) is 16.6. The summed E-state index contributed by atoms with van der Waals surface area (Å²) in [5.41, 5.74) is 0. The summed E-state index contributed by atoms with van der Waals surface area (Å²) in [4.78, 5) is 0. The van der Waals surface area contributed by atoms with Gasteiger partial charge >= 0.3 is 21.2 Å². The van der Waals surface area contributed by atoms with Crippen LogP contribution in [0.15, 0.2) is 48.5 Å². The van der Waals surface area contributed by atoms with Crippen LogP contribution < -0.4 is 30.7 Å². The van der Waals surface area contributed by atoms with Gasteiger partial charge in [-0.15, -0.1) is 0 Å². The van der Waals surface area contributed by atoms with Gasteiger partial charge in [-0.05, 0) is 48.5 Å². The van der Waals surface area contributed by atoms with Gasteiger partial charge in [0, 0.05) is 0 Å². The summed E-state index contributed by atoms with van der Waals surface area (Å²) in [7, 11) is -1.54. The van der Waals surface area contributed by atoms with Crippen LogP contribution in [0.1, 0.15) is 0 Å². The van der Waals surface area contributed by atoms with E-state index in [2.05, 4.69) is 24.3 Å². The topological polar surface area (TPSA) is 95.9 Å². The Hall–Kier alpha value is -1.36. The first-order valence-corrected chi connectivity index (χ1v) is 9.45. The number of ether oxygens (including phenoxy) is 2. The predicted octanol–water partition coefficient (Wildman–Crippen LogP) is -1.16. The second-order valence-corrected chi connectivity index (χ2v) is 7.72. The van der Waals surface area contributed by atoms with E-state index in [0.29, 0.717) is 0 Å². The predicted molar refractivity (Wildman–Crippen MR) is 75.7 cm³/mol. The molecule has 2 aromatic carbocycles. The van der Waals surface area contributed by atoms with E-state index in [0.717, 1.165) is 11.5 Å². The van der Waals surface area contributed by atoms with Crippen molar-refractivity contribution in [2.75, 3.05) is 14.2 Å². The Morgan fingerprint density at radius 1 is 0.864 bits per heavy atom. The van der Waals surface area contributed by atoms with Gasteiger partial charge in [0.25, 0.3) is 0 Å². The highest BCUT2D eigenvalue weighted by Gasteiger charge is 2.15. The molecule has 0 saturated carbocycles. The number of methoxy groups -OCH3 is 2. The van der Waals surface area contributed by atoms with Crippen molar-refractivity contribution >= 4 is 10.4 Å². The third kappa shape index (κ3) is 8.17. The van der Waals surface area contributed by atoms with Crippen LogP contribution in [0, 0.1) is 7.14 Å². The van der Waals surface area contributed by atoms with E-state index in [9.17, 15) is 0 Å². The molecule has 0 spiro atoms. The van der Waals surface area contributed by atoms with Gasteiger partial charge in [-0.25, -0.2) is 8.42 Å². The number of halogens is 1. The summed E-state index contributed by atoms with van der Waals surface area (Å²) in [6.07, 6.45) is 0. The van der Waals surface area contributed by atoms with Crippen molar-refractivity contribution < 1.29 is 48.2 Å². The molecule has 2 aromatic rings. The minimum absolute atomic E-state index is 0.119. The van der Waals surface area contributed by atoms with Crippen molar-refractivity contribution in [2.24, 2.45) is 0 Å². The first-order valence-electron chi connectivity index (χ1n) is 5.93. The van der Waals surface area contributed by atoms with Gasteiger partial charge < -0.3 is 14.0 Å². The highest BCUT2D eigenvalue weighted by molar-refractivity contribution is 7.79. The molecule has 2 rings (SSSR count). The lowest BCUT2D eigenvalue weighted by molar-refractivity contribution is -0.597. The molecule has 6 nitrogen and oxygen atoms in total. The molecule has 0 fully saturated rings. The molecule has 0 aliphatic heterocycles. The first kappa shape index (κ1) is 18.7. The summed E-state index contributed by atoms with van der Waals surface area (Å²) in [5, 5.41) is 0. The Balaban J connectivity index is 0.000000422. The monoisotopic (exact) mass is 438 g/mol. The van der Waals surface area contributed by atoms with E-state index in [-0.39, 0.29) is 21.2 Å². The Labute approximate surface area is 139 Å². The average Bonchev–Trinajstić information content (AvgIpc) is 2.47. The average molecular weight is 438 g/mol. The fourth-order valence-electron chi connectivity index (χ4n) is 1.39. The second-order valence-electron chi connectivity index (χ2n) is 3.84. The highest BCUT2D eigenvalue weighted by atomic mass is 127. The third-order valence-corrected chi connectivity index (χ3v) is 5.00.